The summed E-state index contributed by atoms with van der Waals surface area (Å²) in [6, 6.07) is 7.64. The van der Waals surface area contributed by atoms with Crippen LogP contribution in [0.25, 0.3) is 0 Å². The number of carbonyl (C=O) groups excluding carboxylic acids is 2. The third-order valence-electron chi connectivity index (χ3n) is 5.39. The standard InChI is InChI=1S/C21H27FN4O3/c1-16-7-10-24-26(16)12-8-20(28)25-11-2-9-21(14-25,13-19(23)27)15-29-18-5-3-17(22)4-6-18/h3-7,10H,2,8-9,11-15H2,1H3,(H2,23,27)/t21-/m1/s1. The van der Waals surface area contributed by atoms with Gasteiger partial charge in [-0.2, -0.15) is 5.10 Å². The molecule has 0 unspecified atom stereocenters. The first kappa shape index (κ1) is 20.8. The molecule has 1 aliphatic rings. The second-order valence-electron chi connectivity index (χ2n) is 7.75. The molecule has 2 N–H and O–H groups in total. The summed E-state index contributed by atoms with van der Waals surface area (Å²) < 4.78 is 20.7. The number of carbonyl (C=O) groups is 2. The van der Waals surface area contributed by atoms with Crippen LogP contribution in [0.4, 0.5) is 4.39 Å². The summed E-state index contributed by atoms with van der Waals surface area (Å²) in [6.07, 6.45) is 3.70. The average Bonchev–Trinajstić information content (AvgIpc) is 3.10. The summed E-state index contributed by atoms with van der Waals surface area (Å²) in [7, 11) is 0. The maximum absolute atomic E-state index is 13.1. The zero-order valence-corrected chi connectivity index (χ0v) is 16.6. The first-order chi connectivity index (χ1) is 13.9. The van der Waals surface area contributed by atoms with Crippen molar-refractivity contribution in [2.24, 2.45) is 11.1 Å². The Bertz CT molecular complexity index is 852. The molecular formula is C21H27FN4O3. The number of piperidine rings is 1. The van der Waals surface area contributed by atoms with Gasteiger partial charge in [-0.05, 0) is 50.1 Å². The number of amides is 2. The van der Waals surface area contributed by atoms with Crippen LogP contribution in [0.5, 0.6) is 5.75 Å². The lowest BCUT2D eigenvalue weighted by atomic mass is 9.77. The number of nitrogens with two attached hydrogens (primary N) is 1. The zero-order valence-electron chi connectivity index (χ0n) is 16.6. The van der Waals surface area contributed by atoms with Crippen molar-refractivity contribution in [2.75, 3.05) is 19.7 Å². The number of hydrogen-bond donors (Lipinski definition) is 1. The van der Waals surface area contributed by atoms with E-state index in [-0.39, 0.29) is 24.8 Å². The van der Waals surface area contributed by atoms with E-state index >= 15 is 0 Å². The molecule has 0 radical (unpaired) electrons. The van der Waals surface area contributed by atoms with Crippen LogP contribution in [0.15, 0.2) is 36.5 Å². The van der Waals surface area contributed by atoms with E-state index in [4.69, 9.17) is 10.5 Å². The molecule has 1 atom stereocenters. The van der Waals surface area contributed by atoms with Crippen LogP contribution < -0.4 is 10.5 Å². The highest BCUT2D eigenvalue weighted by atomic mass is 19.1. The first-order valence-electron chi connectivity index (χ1n) is 9.80. The SMILES string of the molecule is Cc1ccnn1CCC(=O)N1CCC[C@@](COc2ccc(F)cc2)(CC(N)=O)C1. The van der Waals surface area contributed by atoms with Gasteiger partial charge in [-0.3, -0.25) is 14.3 Å². The van der Waals surface area contributed by atoms with Gasteiger partial charge in [0.05, 0.1) is 6.61 Å². The largest absolute Gasteiger partial charge is 0.493 e. The Morgan fingerprint density at radius 2 is 2.03 bits per heavy atom. The van der Waals surface area contributed by atoms with E-state index in [1.54, 1.807) is 27.9 Å². The van der Waals surface area contributed by atoms with Gasteiger partial charge < -0.3 is 15.4 Å². The monoisotopic (exact) mass is 402 g/mol. The molecule has 8 heteroatoms. The van der Waals surface area contributed by atoms with Crippen molar-refractivity contribution in [2.45, 2.75) is 39.2 Å². The van der Waals surface area contributed by atoms with Crippen LogP contribution in [-0.4, -0.2) is 46.2 Å². The molecule has 0 spiro atoms. The number of benzene rings is 1. The van der Waals surface area contributed by atoms with Gasteiger partial charge in [-0.15, -0.1) is 0 Å². The fourth-order valence-corrected chi connectivity index (χ4v) is 3.86. The van der Waals surface area contributed by atoms with E-state index in [0.717, 1.165) is 18.5 Å². The lowest BCUT2D eigenvalue weighted by Gasteiger charge is -2.42. The van der Waals surface area contributed by atoms with Crippen LogP contribution in [0.2, 0.25) is 0 Å². The molecular weight excluding hydrogens is 375 g/mol. The normalized spacial score (nSPS) is 19.2. The second kappa shape index (κ2) is 9.07. The predicted molar refractivity (Wildman–Crippen MR) is 106 cm³/mol. The van der Waals surface area contributed by atoms with Crippen molar-refractivity contribution < 1.29 is 18.7 Å². The minimum Gasteiger partial charge on any atom is -0.493 e. The number of likely N-dealkylation sites (tertiary alicyclic amines) is 1. The summed E-state index contributed by atoms with van der Waals surface area (Å²) in [6.45, 7) is 3.76. The fraction of sp³-hybridized carbons (Fsp3) is 0.476. The molecule has 29 heavy (non-hydrogen) atoms. The van der Waals surface area contributed by atoms with Crippen LogP contribution in [-0.2, 0) is 16.1 Å². The van der Waals surface area contributed by atoms with Crippen LogP contribution in [0.3, 0.4) is 0 Å². The molecule has 0 bridgehead atoms. The number of rotatable bonds is 8. The Kier molecular flexibility index (Phi) is 6.51. The molecule has 1 aromatic heterocycles. The molecule has 1 aliphatic heterocycles. The number of halogens is 1. The minimum atomic E-state index is -0.546. The Labute approximate surface area is 169 Å². The smallest absolute Gasteiger partial charge is 0.224 e. The van der Waals surface area contributed by atoms with Gasteiger partial charge in [0.2, 0.25) is 11.8 Å². The second-order valence-corrected chi connectivity index (χ2v) is 7.75. The predicted octanol–water partition coefficient (Wildman–Crippen LogP) is 2.28. The van der Waals surface area contributed by atoms with Crippen LogP contribution in [0, 0.1) is 18.2 Å². The lowest BCUT2D eigenvalue weighted by molar-refractivity contribution is -0.137. The Morgan fingerprint density at radius 1 is 1.28 bits per heavy atom. The number of nitrogens with zero attached hydrogens (tertiary/aromatic N) is 3. The zero-order chi connectivity index (χ0) is 20.9. The molecule has 2 aromatic rings. The van der Waals surface area contributed by atoms with Gasteiger partial charge in [0, 0.05) is 49.8 Å². The summed E-state index contributed by atoms with van der Waals surface area (Å²) >= 11 is 0. The summed E-state index contributed by atoms with van der Waals surface area (Å²) in [5, 5.41) is 4.21. The van der Waals surface area contributed by atoms with Gasteiger partial charge in [-0.1, -0.05) is 0 Å². The molecule has 0 saturated carbocycles. The fourth-order valence-electron chi connectivity index (χ4n) is 3.86. The minimum absolute atomic E-state index is 0.0234. The Morgan fingerprint density at radius 3 is 2.69 bits per heavy atom. The van der Waals surface area contributed by atoms with E-state index < -0.39 is 11.3 Å². The van der Waals surface area contributed by atoms with Crippen molar-refractivity contribution >= 4 is 11.8 Å². The van der Waals surface area contributed by atoms with Gasteiger partial charge in [0.15, 0.2) is 0 Å². The molecule has 7 nitrogen and oxygen atoms in total. The molecule has 1 fully saturated rings. The van der Waals surface area contributed by atoms with E-state index in [9.17, 15) is 14.0 Å². The Balaban J connectivity index is 1.64. The molecule has 2 amide bonds. The summed E-state index contributed by atoms with van der Waals surface area (Å²) in [4.78, 5) is 26.3. The number of aromatic nitrogens is 2. The number of aryl methyl sites for hydroxylation is 2. The van der Waals surface area contributed by atoms with E-state index in [1.807, 2.05) is 13.0 Å². The number of hydrogen-bond acceptors (Lipinski definition) is 4. The average molecular weight is 402 g/mol. The Hall–Kier alpha value is -2.90. The van der Waals surface area contributed by atoms with Crippen molar-refractivity contribution in [1.82, 2.24) is 14.7 Å². The molecule has 1 saturated heterocycles. The van der Waals surface area contributed by atoms with Crippen molar-refractivity contribution in [3.05, 3.63) is 48.0 Å². The van der Waals surface area contributed by atoms with Crippen LogP contribution in [0.1, 0.15) is 31.4 Å². The number of primary amides is 1. The first-order valence-corrected chi connectivity index (χ1v) is 9.80. The van der Waals surface area contributed by atoms with Crippen LogP contribution >= 0.6 is 0 Å². The van der Waals surface area contributed by atoms with Gasteiger partial charge in [0.1, 0.15) is 11.6 Å². The van der Waals surface area contributed by atoms with Gasteiger partial charge in [-0.25, -0.2) is 4.39 Å². The quantitative estimate of drug-likeness (QED) is 0.733. The van der Waals surface area contributed by atoms with Gasteiger partial charge in [0.25, 0.3) is 0 Å². The highest BCUT2D eigenvalue weighted by Crippen LogP contribution is 2.34. The molecule has 0 aliphatic carbocycles. The summed E-state index contributed by atoms with van der Waals surface area (Å²) in [5.41, 5.74) is 5.96. The van der Waals surface area contributed by atoms with Crippen molar-refractivity contribution in [3.63, 3.8) is 0 Å². The van der Waals surface area contributed by atoms with Gasteiger partial charge >= 0.3 is 0 Å². The van der Waals surface area contributed by atoms with E-state index in [1.165, 1.54) is 12.1 Å². The van der Waals surface area contributed by atoms with Crippen molar-refractivity contribution in [1.29, 1.82) is 0 Å². The molecule has 2 heterocycles. The summed E-state index contributed by atoms with van der Waals surface area (Å²) in [5.74, 6) is -0.219. The highest BCUT2D eigenvalue weighted by molar-refractivity contribution is 5.77. The molecule has 156 valence electrons. The maximum Gasteiger partial charge on any atom is 0.224 e. The lowest BCUT2D eigenvalue weighted by Crippen LogP contribution is -2.50. The maximum atomic E-state index is 13.1. The van der Waals surface area contributed by atoms with Crippen molar-refractivity contribution in [3.8, 4) is 5.75 Å². The number of ether oxygens (including phenoxy) is 1. The van der Waals surface area contributed by atoms with E-state index in [0.29, 0.717) is 31.8 Å². The third kappa shape index (κ3) is 5.56. The molecule has 1 aromatic carbocycles. The highest BCUT2D eigenvalue weighted by Gasteiger charge is 2.39. The van der Waals surface area contributed by atoms with E-state index in [2.05, 4.69) is 5.10 Å². The topological polar surface area (TPSA) is 90.4 Å². The third-order valence-corrected chi connectivity index (χ3v) is 5.39. The molecule has 3 rings (SSSR count).